The molecule has 3 amide bonds. The third-order valence-corrected chi connectivity index (χ3v) is 7.99. The Kier molecular flexibility index (Phi) is 7.32. The molecule has 3 aliphatic heterocycles. The molecule has 0 aromatic heterocycles. The Labute approximate surface area is 233 Å². The number of nitrogens with one attached hydrogen (secondary N) is 2. The second-order valence-electron chi connectivity index (χ2n) is 10.5. The fourth-order valence-corrected chi connectivity index (χ4v) is 5.97. The second-order valence-corrected chi connectivity index (χ2v) is 10.5. The minimum atomic E-state index is -0.541. The SMILES string of the molecule is COc1ccc(NC(=O)Nc2ccc3c(c2)[C@@H]2C[C@H](CC(=O)N4CCc5ccccc5C4)O[C@@H](CO)[C@@H]2O3)cc1. The first-order valence-electron chi connectivity index (χ1n) is 13.6. The third-order valence-electron chi connectivity index (χ3n) is 7.99. The van der Waals surface area contributed by atoms with E-state index in [1.807, 2.05) is 29.2 Å². The first-order chi connectivity index (χ1) is 19.5. The molecule has 3 aromatic carbocycles. The molecule has 1 fully saturated rings. The van der Waals surface area contributed by atoms with Crippen molar-refractivity contribution < 1.29 is 28.9 Å². The number of aliphatic hydroxyl groups is 1. The number of rotatable bonds is 6. The van der Waals surface area contributed by atoms with Gasteiger partial charge >= 0.3 is 6.03 Å². The molecular weight excluding hydrogens is 510 g/mol. The third kappa shape index (κ3) is 5.35. The van der Waals surface area contributed by atoms with Gasteiger partial charge in [0, 0.05) is 35.9 Å². The summed E-state index contributed by atoms with van der Waals surface area (Å²) in [6, 6.07) is 20.5. The van der Waals surface area contributed by atoms with E-state index in [1.54, 1.807) is 37.4 Å². The van der Waals surface area contributed by atoms with Crippen LogP contribution >= 0.6 is 0 Å². The monoisotopic (exact) mass is 543 g/mol. The Morgan fingerprint density at radius 3 is 2.55 bits per heavy atom. The average molecular weight is 544 g/mol. The molecule has 0 bridgehead atoms. The first-order valence-corrected chi connectivity index (χ1v) is 13.6. The van der Waals surface area contributed by atoms with Crippen molar-refractivity contribution in [2.75, 3.05) is 30.9 Å². The normalized spacial score (nSPS) is 22.8. The van der Waals surface area contributed by atoms with Gasteiger partial charge in [-0.3, -0.25) is 4.79 Å². The number of amides is 3. The van der Waals surface area contributed by atoms with E-state index in [2.05, 4.69) is 22.8 Å². The van der Waals surface area contributed by atoms with Gasteiger partial charge in [-0.1, -0.05) is 24.3 Å². The molecule has 208 valence electrons. The number of hydrogen-bond donors (Lipinski definition) is 3. The largest absolute Gasteiger partial charge is 0.497 e. The van der Waals surface area contributed by atoms with E-state index in [0.29, 0.717) is 42.4 Å². The lowest BCUT2D eigenvalue weighted by molar-refractivity contribution is -0.149. The van der Waals surface area contributed by atoms with Gasteiger partial charge in [-0.05, 0) is 66.4 Å². The van der Waals surface area contributed by atoms with Gasteiger partial charge in [0.1, 0.15) is 23.7 Å². The molecule has 0 saturated carbocycles. The van der Waals surface area contributed by atoms with E-state index < -0.39 is 6.10 Å². The van der Waals surface area contributed by atoms with Crippen LogP contribution in [0.25, 0.3) is 0 Å². The molecule has 40 heavy (non-hydrogen) atoms. The minimum Gasteiger partial charge on any atom is -0.497 e. The zero-order valence-corrected chi connectivity index (χ0v) is 22.3. The number of nitrogens with zero attached hydrogens (tertiary/aromatic N) is 1. The number of anilines is 2. The van der Waals surface area contributed by atoms with E-state index in [4.69, 9.17) is 14.2 Å². The molecular formula is C31H33N3O6. The van der Waals surface area contributed by atoms with Crippen molar-refractivity contribution in [3.63, 3.8) is 0 Å². The maximum absolute atomic E-state index is 13.3. The van der Waals surface area contributed by atoms with Crippen molar-refractivity contribution in [1.29, 1.82) is 0 Å². The molecule has 3 aliphatic rings. The van der Waals surface area contributed by atoms with Gasteiger partial charge in [0.2, 0.25) is 5.91 Å². The number of carbonyl (C=O) groups is 2. The molecule has 4 atom stereocenters. The standard InChI is InChI=1S/C31H33N3O6/c1-38-23-9-6-21(7-10-23)32-31(37)33-22-8-11-27-25(14-22)26-15-24(39-28(18-35)30(26)40-27)16-29(36)34-13-12-19-4-2-3-5-20(19)17-34/h2-11,14,24,26,28,30,35H,12-13,15-18H2,1H3,(H2,32,33,37)/t24-,26+,28+,30-/m1/s1. The Bertz CT molecular complexity index is 1390. The Balaban J connectivity index is 1.12. The number of aliphatic hydroxyl groups excluding tert-OH is 1. The van der Waals surface area contributed by atoms with Crippen LogP contribution in [-0.4, -0.2) is 60.5 Å². The van der Waals surface area contributed by atoms with Crippen LogP contribution in [0.5, 0.6) is 11.5 Å². The van der Waals surface area contributed by atoms with Crippen LogP contribution in [0.2, 0.25) is 0 Å². The molecule has 0 radical (unpaired) electrons. The molecule has 6 rings (SSSR count). The number of carbonyl (C=O) groups excluding carboxylic acids is 2. The summed E-state index contributed by atoms with van der Waals surface area (Å²) < 4.78 is 17.5. The molecule has 0 aliphatic carbocycles. The molecule has 1 saturated heterocycles. The molecule has 3 heterocycles. The number of methoxy groups -OCH3 is 1. The number of hydrogen-bond acceptors (Lipinski definition) is 6. The maximum atomic E-state index is 13.3. The highest BCUT2D eigenvalue weighted by atomic mass is 16.6. The molecule has 9 heteroatoms. The Hall–Kier alpha value is -4.08. The van der Waals surface area contributed by atoms with Crippen LogP contribution in [0.1, 0.15) is 35.4 Å². The Morgan fingerprint density at radius 2 is 1.77 bits per heavy atom. The van der Waals surface area contributed by atoms with E-state index in [1.165, 1.54) is 11.1 Å². The zero-order valence-electron chi connectivity index (χ0n) is 22.3. The van der Waals surface area contributed by atoms with E-state index in [0.717, 1.165) is 12.0 Å². The van der Waals surface area contributed by atoms with Gasteiger partial charge in [0.25, 0.3) is 0 Å². The lowest BCUT2D eigenvalue weighted by atomic mass is 9.84. The molecule has 3 aromatic rings. The summed E-state index contributed by atoms with van der Waals surface area (Å²) >= 11 is 0. The number of ether oxygens (including phenoxy) is 3. The van der Waals surface area contributed by atoms with Crippen molar-refractivity contribution in [1.82, 2.24) is 4.90 Å². The fourth-order valence-electron chi connectivity index (χ4n) is 5.97. The topological polar surface area (TPSA) is 109 Å². The average Bonchev–Trinajstić information content (AvgIpc) is 3.34. The summed E-state index contributed by atoms with van der Waals surface area (Å²) in [4.78, 5) is 27.8. The molecule has 0 unspecified atom stereocenters. The smallest absolute Gasteiger partial charge is 0.323 e. The van der Waals surface area contributed by atoms with Crippen molar-refractivity contribution >= 4 is 23.3 Å². The minimum absolute atomic E-state index is 0.0550. The Morgan fingerprint density at radius 1 is 1.02 bits per heavy atom. The van der Waals surface area contributed by atoms with Crippen LogP contribution in [-0.2, 0) is 22.5 Å². The zero-order chi connectivity index (χ0) is 27.6. The van der Waals surface area contributed by atoms with Gasteiger partial charge in [-0.15, -0.1) is 0 Å². The van der Waals surface area contributed by atoms with E-state index >= 15 is 0 Å². The molecule has 3 N–H and O–H groups in total. The van der Waals surface area contributed by atoms with Crippen molar-refractivity contribution in [3.8, 4) is 11.5 Å². The van der Waals surface area contributed by atoms with Crippen LogP contribution in [0.15, 0.2) is 66.7 Å². The summed E-state index contributed by atoms with van der Waals surface area (Å²) in [6.07, 6.45) is 0.455. The van der Waals surface area contributed by atoms with Gasteiger partial charge in [-0.2, -0.15) is 0 Å². The number of fused-ring (bicyclic) bond motifs is 4. The number of benzene rings is 3. The van der Waals surface area contributed by atoms with E-state index in [-0.39, 0.29) is 43.1 Å². The highest BCUT2D eigenvalue weighted by Gasteiger charge is 2.46. The highest BCUT2D eigenvalue weighted by molar-refractivity contribution is 5.99. The quantitative estimate of drug-likeness (QED) is 0.428. The van der Waals surface area contributed by atoms with Crippen LogP contribution in [0.3, 0.4) is 0 Å². The second kappa shape index (κ2) is 11.2. The van der Waals surface area contributed by atoms with Gasteiger partial charge in [0.05, 0.1) is 26.2 Å². The molecule has 9 nitrogen and oxygen atoms in total. The lowest BCUT2D eigenvalue weighted by Crippen LogP contribution is -2.48. The van der Waals surface area contributed by atoms with Crippen molar-refractivity contribution in [2.24, 2.45) is 0 Å². The summed E-state index contributed by atoms with van der Waals surface area (Å²) in [5.74, 6) is 1.41. The van der Waals surface area contributed by atoms with Crippen LogP contribution in [0.4, 0.5) is 16.2 Å². The predicted molar refractivity (Wildman–Crippen MR) is 150 cm³/mol. The van der Waals surface area contributed by atoms with Gasteiger partial charge in [0.15, 0.2) is 0 Å². The van der Waals surface area contributed by atoms with Crippen LogP contribution in [0, 0.1) is 0 Å². The van der Waals surface area contributed by atoms with E-state index in [9.17, 15) is 14.7 Å². The summed E-state index contributed by atoms with van der Waals surface area (Å²) in [5.41, 5.74) is 4.70. The predicted octanol–water partition coefficient (Wildman–Crippen LogP) is 4.31. The lowest BCUT2D eigenvalue weighted by Gasteiger charge is -2.38. The fraction of sp³-hybridized carbons (Fsp3) is 0.355. The summed E-state index contributed by atoms with van der Waals surface area (Å²) in [5, 5.41) is 15.8. The summed E-state index contributed by atoms with van der Waals surface area (Å²) in [7, 11) is 1.59. The number of urea groups is 1. The molecule has 0 spiro atoms. The van der Waals surface area contributed by atoms with Gasteiger partial charge < -0.3 is 34.9 Å². The first kappa shape index (κ1) is 26.2. The van der Waals surface area contributed by atoms with Crippen LogP contribution < -0.4 is 20.1 Å². The van der Waals surface area contributed by atoms with Gasteiger partial charge in [-0.25, -0.2) is 4.79 Å². The summed E-state index contributed by atoms with van der Waals surface area (Å²) in [6.45, 7) is 1.10. The van der Waals surface area contributed by atoms with Crippen molar-refractivity contribution in [2.45, 2.75) is 50.0 Å². The highest BCUT2D eigenvalue weighted by Crippen LogP contribution is 2.47. The van der Waals surface area contributed by atoms with Crippen molar-refractivity contribution in [3.05, 3.63) is 83.4 Å². The maximum Gasteiger partial charge on any atom is 0.323 e.